The Morgan fingerprint density at radius 1 is 1.47 bits per heavy atom. The van der Waals surface area contributed by atoms with Crippen LogP contribution in [0.4, 0.5) is 0 Å². The van der Waals surface area contributed by atoms with E-state index in [0.717, 1.165) is 15.8 Å². The molecule has 1 heterocycles. The van der Waals surface area contributed by atoms with E-state index in [2.05, 4.69) is 39.9 Å². The van der Waals surface area contributed by atoms with Crippen molar-refractivity contribution in [1.82, 2.24) is 5.32 Å². The highest BCUT2D eigenvalue weighted by Gasteiger charge is 2.13. The molecular weight excluding hydrogens is 342 g/mol. The Bertz CT molecular complexity index is 569. The van der Waals surface area contributed by atoms with Gasteiger partial charge < -0.3 is 5.32 Å². The lowest BCUT2D eigenvalue weighted by atomic mass is 10.1. The topological polar surface area (TPSA) is 29.1 Å². The molecule has 1 amide bonds. The number of thiol groups is 1. The molecule has 0 saturated heterocycles. The van der Waals surface area contributed by atoms with Crippen LogP contribution in [0.1, 0.15) is 22.2 Å². The van der Waals surface area contributed by atoms with Crippen molar-refractivity contribution in [1.29, 1.82) is 0 Å². The van der Waals surface area contributed by atoms with Gasteiger partial charge in [0.2, 0.25) is 0 Å². The summed E-state index contributed by atoms with van der Waals surface area (Å²) in [5.41, 5.74) is 0.616. The number of benzene rings is 1. The molecule has 1 aromatic carbocycles. The maximum Gasteiger partial charge on any atom is 0.252 e. The average Bonchev–Trinajstić information content (AvgIpc) is 2.84. The molecule has 0 aliphatic heterocycles. The first-order chi connectivity index (χ1) is 9.06. The molecule has 2 aromatic rings. The van der Waals surface area contributed by atoms with Crippen molar-refractivity contribution >= 4 is 45.8 Å². The van der Waals surface area contributed by atoms with E-state index in [1.54, 1.807) is 17.4 Å². The average molecular weight is 356 g/mol. The minimum Gasteiger partial charge on any atom is -0.349 e. The molecular formula is C14H14BrNOS2. The smallest absolute Gasteiger partial charge is 0.252 e. The highest BCUT2D eigenvalue weighted by atomic mass is 79.9. The summed E-state index contributed by atoms with van der Waals surface area (Å²) in [6.45, 7) is 2.01. The molecule has 100 valence electrons. The number of hydrogen-bond acceptors (Lipinski definition) is 3. The second-order valence-electron chi connectivity index (χ2n) is 4.32. The fourth-order valence-electron chi connectivity index (χ4n) is 1.77. The summed E-state index contributed by atoms with van der Waals surface area (Å²) < 4.78 is 0.783. The summed E-state index contributed by atoms with van der Waals surface area (Å²) in [4.78, 5) is 14.2. The van der Waals surface area contributed by atoms with Gasteiger partial charge in [0.25, 0.3) is 5.91 Å². The van der Waals surface area contributed by atoms with Crippen molar-refractivity contribution in [3.63, 3.8) is 0 Å². The van der Waals surface area contributed by atoms with Gasteiger partial charge in [-0.1, -0.05) is 6.07 Å². The second kappa shape index (κ2) is 6.59. The molecule has 1 aromatic heterocycles. The fraction of sp³-hybridized carbons (Fsp3) is 0.214. The van der Waals surface area contributed by atoms with Gasteiger partial charge in [0.1, 0.15) is 0 Å². The summed E-state index contributed by atoms with van der Waals surface area (Å²) in [5.74, 6) is -0.0770. The molecule has 1 N–H and O–H groups in total. The maximum atomic E-state index is 12.2. The maximum absolute atomic E-state index is 12.2. The number of rotatable bonds is 4. The predicted molar refractivity (Wildman–Crippen MR) is 86.3 cm³/mol. The summed E-state index contributed by atoms with van der Waals surface area (Å²) >= 11 is 9.35. The Morgan fingerprint density at radius 3 is 2.95 bits per heavy atom. The van der Waals surface area contributed by atoms with Gasteiger partial charge in [-0.05, 0) is 52.5 Å². The van der Waals surface area contributed by atoms with Crippen molar-refractivity contribution in [2.75, 3.05) is 0 Å². The van der Waals surface area contributed by atoms with Crippen LogP contribution < -0.4 is 5.32 Å². The van der Waals surface area contributed by atoms with Crippen LogP contribution in [0, 0.1) is 0 Å². The molecule has 0 aliphatic carbocycles. The van der Waals surface area contributed by atoms with E-state index >= 15 is 0 Å². The second-order valence-corrected chi connectivity index (χ2v) is 6.73. The van der Waals surface area contributed by atoms with Crippen LogP contribution in [-0.2, 0) is 6.42 Å². The lowest BCUT2D eigenvalue weighted by Gasteiger charge is -2.14. The first-order valence-electron chi connectivity index (χ1n) is 5.88. The Hall–Kier alpha value is -0.780. The molecule has 2 nitrogen and oxygen atoms in total. The van der Waals surface area contributed by atoms with Crippen LogP contribution in [0.15, 0.2) is 45.1 Å². The number of carbonyl (C=O) groups excluding carboxylic acids is 1. The van der Waals surface area contributed by atoms with E-state index in [-0.39, 0.29) is 11.9 Å². The molecule has 5 heteroatoms. The van der Waals surface area contributed by atoms with Gasteiger partial charge in [-0.15, -0.1) is 24.0 Å². The minimum absolute atomic E-state index is 0.0770. The van der Waals surface area contributed by atoms with Crippen molar-refractivity contribution in [2.24, 2.45) is 0 Å². The lowest BCUT2D eigenvalue weighted by molar-refractivity contribution is 0.0939. The van der Waals surface area contributed by atoms with E-state index in [9.17, 15) is 4.79 Å². The van der Waals surface area contributed by atoms with Crippen LogP contribution in [0.3, 0.4) is 0 Å². The van der Waals surface area contributed by atoms with E-state index in [1.807, 2.05) is 30.5 Å². The van der Waals surface area contributed by atoms with Crippen LogP contribution in [-0.4, -0.2) is 11.9 Å². The number of halogens is 1. The zero-order valence-corrected chi connectivity index (χ0v) is 13.7. The highest BCUT2D eigenvalue weighted by Crippen LogP contribution is 2.20. The van der Waals surface area contributed by atoms with Crippen LogP contribution in [0.5, 0.6) is 0 Å². The molecule has 0 bridgehead atoms. The third-order valence-corrected chi connectivity index (χ3v) is 4.53. The summed E-state index contributed by atoms with van der Waals surface area (Å²) in [6.07, 6.45) is 0.849. The SMILES string of the molecule is CC(Cc1cccs1)NC(=O)c1cc(S)ccc1Br. The van der Waals surface area contributed by atoms with E-state index < -0.39 is 0 Å². The number of hydrogen-bond donors (Lipinski definition) is 2. The zero-order chi connectivity index (χ0) is 13.8. The number of carbonyl (C=O) groups is 1. The van der Waals surface area contributed by atoms with Gasteiger partial charge in [0, 0.05) is 26.7 Å². The fourth-order valence-corrected chi connectivity index (χ4v) is 3.24. The van der Waals surface area contributed by atoms with Gasteiger partial charge in [0.05, 0.1) is 5.56 Å². The Morgan fingerprint density at radius 2 is 2.26 bits per heavy atom. The molecule has 0 saturated carbocycles. The van der Waals surface area contributed by atoms with Gasteiger partial charge in [-0.3, -0.25) is 4.79 Å². The Labute approximate surface area is 130 Å². The van der Waals surface area contributed by atoms with E-state index in [4.69, 9.17) is 0 Å². The predicted octanol–water partition coefficient (Wildman–Crippen LogP) is 4.16. The van der Waals surface area contributed by atoms with Crippen LogP contribution in [0.25, 0.3) is 0 Å². The Kier molecular flexibility index (Phi) is 5.07. The van der Waals surface area contributed by atoms with Crippen molar-refractivity contribution in [3.8, 4) is 0 Å². The van der Waals surface area contributed by atoms with Gasteiger partial charge >= 0.3 is 0 Å². The Balaban J connectivity index is 2.02. The van der Waals surface area contributed by atoms with E-state index in [0.29, 0.717) is 5.56 Å². The van der Waals surface area contributed by atoms with Gasteiger partial charge in [-0.2, -0.15) is 0 Å². The summed E-state index contributed by atoms with van der Waals surface area (Å²) in [6, 6.07) is 9.65. The molecule has 2 rings (SSSR count). The first-order valence-corrected chi connectivity index (χ1v) is 8.00. The number of nitrogens with one attached hydrogen (secondary N) is 1. The molecule has 1 atom stereocenters. The van der Waals surface area contributed by atoms with Crippen molar-refractivity contribution < 1.29 is 4.79 Å². The zero-order valence-electron chi connectivity index (χ0n) is 10.4. The highest BCUT2D eigenvalue weighted by molar-refractivity contribution is 9.10. The van der Waals surface area contributed by atoms with Crippen molar-refractivity contribution in [2.45, 2.75) is 24.3 Å². The number of thiophene rings is 1. The van der Waals surface area contributed by atoms with Crippen LogP contribution in [0.2, 0.25) is 0 Å². The molecule has 0 radical (unpaired) electrons. The van der Waals surface area contributed by atoms with Crippen LogP contribution >= 0.6 is 39.9 Å². The minimum atomic E-state index is -0.0770. The quantitative estimate of drug-likeness (QED) is 0.792. The number of amides is 1. The lowest BCUT2D eigenvalue weighted by Crippen LogP contribution is -2.34. The standard InChI is InChI=1S/C14H14BrNOS2/c1-9(7-11-3-2-6-19-11)16-14(17)12-8-10(18)4-5-13(12)15/h2-6,8-9,18H,7H2,1H3,(H,16,17). The van der Waals surface area contributed by atoms with Gasteiger partial charge in [-0.25, -0.2) is 0 Å². The molecule has 0 spiro atoms. The molecule has 0 aliphatic rings. The summed E-state index contributed by atoms with van der Waals surface area (Å²) in [7, 11) is 0. The molecule has 19 heavy (non-hydrogen) atoms. The third kappa shape index (κ3) is 4.09. The monoisotopic (exact) mass is 355 g/mol. The first kappa shape index (κ1) is 14.6. The normalized spacial score (nSPS) is 12.2. The summed E-state index contributed by atoms with van der Waals surface area (Å²) in [5, 5.41) is 5.05. The molecule has 0 fully saturated rings. The van der Waals surface area contributed by atoms with Crippen molar-refractivity contribution in [3.05, 3.63) is 50.6 Å². The molecule has 1 unspecified atom stereocenters. The third-order valence-electron chi connectivity index (χ3n) is 2.66. The van der Waals surface area contributed by atoms with E-state index in [1.165, 1.54) is 4.88 Å². The largest absolute Gasteiger partial charge is 0.349 e. The van der Waals surface area contributed by atoms with Gasteiger partial charge in [0.15, 0.2) is 0 Å².